The molecule has 0 aliphatic heterocycles. The summed E-state index contributed by atoms with van der Waals surface area (Å²) >= 11 is 0. The lowest BCUT2D eigenvalue weighted by Gasteiger charge is -2.13. The van der Waals surface area contributed by atoms with E-state index in [-0.39, 0.29) is 4.90 Å². The molecule has 0 saturated heterocycles. The molecule has 1 unspecified atom stereocenters. The van der Waals surface area contributed by atoms with Gasteiger partial charge in [-0.15, -0.1) is 0 Å². The molecule has 1 aromatic rings. The molecule has 16 heavy (non-hydrogen) atoms. The van der Waals surface area contributed by atoms with Gasteiger partial charge in [0.1, 0.15) is 6.04 Å². The third-order valence-electron chi connectivity index (χ3n) is 2.10. The number of hydrogen-bond acceptors (Lipinski definition) is 3. The first kappa shape index (κ1) is 12.7. The molecule has 0 bridgehead atoms. The number of benzene rings is 1. The van der Waals surface area contributed by atoms with Gasteiger partial charge in [0.2, 0.25) is 15.9 Å². The van der Waals surface area contributed by atoms with Crippen LogP contribution in [-0.4, -0.2) is 20.4 Å². The lowest BCUT2D eigenvalue weighted by Crippen LogP contribution is -2.43. The number of sulfonamides is 1. The number of nitrogens with two attached hydrogens (primary N) is 1. The van der Waals surface area contributed by atoms with Crippen molar-refractivity contribution in [3.8, 4) is 0 Å². The molecule has 6 heteroatoms. The van der Waals surface area contributed by atoms with Crippen molar-refractivity contribution in [2.45, 2.75) is 24.3 Å². The average Bonchev–Trinajstić information content (AvgIpc) is 2.27. The molecule has 0 aromatic heterocycles. The van der Waals surface area contributed by atoms with Gasteiger partial charge in [-0.3, -0.25) is 4.79 Å². The van der Waals surface area contributed by atoms with Crippen LogP contribution in [0.3, 0.4) is 0 Å². The molecule has 0 saturated carbocycles. The molecule has 0 fully saturated rings. The van der Waals surface area contributed by atoms with Crippen molar-refractivity contribution in [3.63, 3.8) is 0 Å². The fourth-order valence-corrected chi connectivity index (χ4v) is 2.51. The maximum atomic E-state index is 11.8. The molecule has 1 rings (SSSR count). The largest absolute Gasteiger partial charge is 0.368 e. The minimum absolute atomic E-state index is 0.120. The molecule has 88 valence electrons. The van der Waals surface area contributed by atoms with E-state index in [0.717, 1.165) is 0 Å². The molecule has 0 aliphatic rings. The van der Waals surface area contributed by atoms with Crippen LogP contribution >= 0.6 is 0 Å². The van der Waals surface area contributed by atoms with Gasteiger partial charge in [-0.2, -0.15) is 4.72 Å². The van der Waals surface area contributed by atoms with Crippen LogP contribution in [0.15, 0.2) is 35.2 Å². The SMILES string of the molecule is CCC(NS(=O)(=O)c1ccccc1)C(N)=O. The molecule has 1 aromatic carbocycles. The van der Waals surface area contributed by atoms with Crippen molar-refractivity contribution in [3.05, 3.63) is 30.3 Å². The Balaban J connectivity index is 2.92. The predicted octanol–water partition coefficient (Wildman–Crippen LogP) is 0.229. The van der Waals surface area contributed by atoms with Crippen LogP contribution in [0, 0.1) is 0 Å². The van der Waals surface area contributed by atoms with Gasteiger partial charge in [0.15, 0.2) is 0 Å². The van der Waals surface area contributed by atoms with Gasteiger partial charge in [0, 0.05) is 0 Å². The Kier molecular flexibility index (Phi) is 4.03. The molecule has 5 nitrogen and oxygen atoms in total. The number of carbonyl (C=O) groups is 1. The lowest BCUT2D eigenvalue weighted by atomic mass is 10.2. The highest BCUT2D eigenvalue weighted by Crippen LogP contribution is 2.08. The van der Waals surface area contributed by atoms with E-state index in [0.29, 0.717) is 6.42 Å². The van der Waals surface area contributed by atoms with Crippen molar-refractivity contribution in [1.82, 2.24) is 4.72 Å². The second-order valence-electron chi connectivity index (χ2n) is 3.30. The summed E-state index contributed by atoms with van der Waals surface area (Å²) in [6.45, 7) is 1.68. The van der Waals surface area contributed by atoms with Crippen molar-refractivity contribution in [1.29, 1.82) is 0 Å². The Morgan fingerprint density at radius 3 is 2.38 bits per heavy atom. The monoisotopic (exact) mass is 242 g/mol. The van der Waals surface area contributed by atoms with Crippen molar-refractivity contribution in [2.24, 2.45) is 5.73 Å². The first-order valence-electron chi connectivity index (χ1n) is 4.84. The first-order valence-corrected chi connectivity index (χ1v) is 6.32. The summed E-state index contributed by atoms with van der Waals surface area (Å²) in [5, 5.41) is 0. The Bertz CT molecular complexity index is 456. The van der Waals surface area contributed by atoms with Crippen LogP contribution in [0.1, 0.15) is 13.3 Å². The Labute approximate surface area is 94.7 Å². The van der Waals surface area contributed by atoms with Crippen LogP contribution in [0.5, 0.6) is 0 Å². The van der Waals surface area contributed by atoms with Crippen LogP contribution in [0.4, 0.5) is 0 Å². The number of nitrogens with one attached hydrogen (secondary N) is 1. The predicted molar refractivity (Wildman–Crippen MR) is 60.0 cm³/mol. The fraction of sp³-hybridized carbons (Fsp3) is 0.300. The normalized spacial score (nSPS) is 13.3. The molecular formula is C10H14N2O3S. The van der Waals surface area contributed by atoms with Crippen molar-refractivity contribution in [2.75, 3.05) is 0 Å². The molecule has 0 heterocycles. The van der Waals surface area contributed by atoms with Crippen LogP contribution in [0.25, 0.3) is 0 Å². The van der Waals surface area contributed by atoms with Crippen LogP contribution < -0.4 is 10.5 Å². The molecular weight excluding hydrogens is 228 g/mol. The number of primary amides is 1. The smallest absolute Gasteiger partial charge is 0.241 e. The summed E-state index contributed by atoms with van der Waals surface area (Å²) in [7, 11) is -3.67. The molecule has 1 atom stereocenters. The van der Waals surface area contributed by atoms with Gasteiger partial charge in [-0.1, -0.05) is 25.1 Å². The summed E-state index contributed by atoms with van der Waals surface area (Å²) in [5.41, 5.74) is 5.07. The van der Waals surface area contributed by atoms with Gasteiger partial charge in [0.05, 0.1) is 4.90 Å². The summed E-state index contributed by atoms with van der Waals surface area (Å²) in [5.74, 6) is -0.679. The van der Waals surface area contributed by atoms with Gasteiger partial charge in [0.25, 0.3) is 0 Å². The van der Waals surface area contributed by atoms with E-state index >= 15 is 0 Å². The Morgan fingerprint density at radius 1 is 1.38 bits per heavy atom. The van der Waals surface area contributed by atoms with Gasteiger partial charge in [-0.05, 0) is 18.6 Å². The average molecular weight is 242 g/mol. The minimum atomic E-state index is -3.67. The van der Waals surface area contributed by atoms with E-state index < -0.39 is 22.0 Å². The van der Waals surface area contributed by atoms with Crippen molar-refractivity contribution < 1.29 is 13.2 Å². The maximum absolute atomic E-state index is 11.8. The number of carbonyl (C=O) groups excluding carboxylic acids is 1. The summed E-state index contributed by atoms with van der Waals surface area (Å²) in [6, 6.07) is 6.97. The van der Waals surface area contributed by atoms with E-state index in [1.807, 2.05) is 0 Å². The zero-order chi connectivity index (χ0) is 12.2. The quantitative estimate of drug-likeness (QED) is 0.774. The summed E-state index contributed by atoms with van der Waals surface area (Å²) in [4.78, 5) is 11.1. The Hall–Kier alpha value is -1.40. The first-order chi connectivity index (χ1) is 7.47. The standard InChI is InChI=1S/C10H14N2O3S/c1-2-9(10(11)13)12-16(14,15)8-6-4-3-5-7-8/h3-7,9,12H,2H2,1H3,(H2,11,13). The Morgan fingerprint density at radius 2 is 1.94 bits per heavy atom. The van der Waals surface area contributed by atoms with Gasteiger partial charge < -0.3 is 5.73 Å². The third kappa shape index (κ3) is 3.04. The maximum Gasteiger partial charge on any atom is 0.241 e. The molecule has 0 spiro atoms. The molecule has 0 radical (unpaired) electrons. The minimum Gasteiger partial charge on any atom is -0.368 e. The van der Waals surface area contributed by atoms with E-state index in [9.17, 15) is 13.2 Å². The van der Waals surface area contributed by atoms with E-state index in [1.54, 1.807) is 25.1 Å². The lowest BCUT2D eigenvalue weighted by molar-refractivity contribution is -0.119. The van der Waals surface area contributed by atoms with E-state index in [1.165, 1.54) is 12.1 Å². The van der Waals surface area contributed by atoms with Crippen LogP contribution in [-0.2, 0) is 14.8 Å². The van der Waals surface area contributed by atoms with E-state index in [2.05, 4.69) is 4.72 Å². The number of rotatable bonds is 5. The topological polar surface area (TPSA) is 89.3 Å². The second kappa shape index (κ2) is 5.09. The highest BCUT2D eigenvalue weighted by atomic mass is 32.2. The summed E-state index contributed by atoms with van der Waals surface area (Å²) in [6.07, 6.45) is 0.321. The molecule has 0 aliphatic carbocycles. The summed E-state index contributed by atoms with van der Waals surface area (Å²) < 4.78 is 25.8. The third-order valence-corrected chi connectivity index (χ3v) is 3.59. The highest BCUT2D eigenvalue weighted by molar-refractivity contribution is 7.89. The number of amides is 1. The zero-order valence-electron chi connectivity index (χ0n) is 8.88. The van der Waals surface area contributed by atoms with Gasteiger partial charge in [-0.25, -0.2) is 8.42 Å². The van der Waals surface area contributed by atoms with E-state index in [4.69, 9.17) is 5.73 Å². The fourth-order valence-electron chi connectivity index (χ4n) is 1.20. The number of hydrogen-bond donors (Lipinski definition) is 2. The highest BCUT2D eigenvalue weighted by Gasteiger charge is 2.21. The zero-order valence-corrected chi connectivity index (χ0v) is 9.70. The van der Waals surface area contributed by atoms with Gasteiger partial charge >= 0.3 is 0 Å². The van der Waals surface area contributed by atoms with Crippen molar-refractivity contribution >= 4 is 15.9 Å². The molecule has 3 N–H and O–H groups in total. The van der Waals surface area contributed by atoms with Crippen LogP contribution in [0.2, 0.25) is 0 Å². The molecule has 1 amide bonds. The second-order valence-corrected chi connectivity index (χ2v) is 5.01.